The fraction of sp³-hybridized carbons (Fsp3) is 0.583. The van der Waals surface area contributed by atoms with E-state index in [0.717, 1.165) is 18.5 Å². The molecule has 0 radical (unpaired) electrons. The maximum atomic E-state index is 12.1. The van der Waals surface area contributed by atoms with E-state index < -0.39 is 0 Å². The summed E-state index contributed by atoms with van der Waals surface area (Å²) in [5, 5.41) is 0. The second-order valence-corrected chi connectivity index (χ2v) is 4.20. The number of aromatic nitrogens is 1. The van der Waals surface area contributed by atoms with Gasteiger partial charge in [-0.2, -0.15) is 0 Å². The van der Waals surface area contributed by atoms with Gasteiger partial charge in [0.1, 0.15) is 0 Å². The van der Waals surface area contributed by atoms with Gasteiger partial charge >= 0.3 is 0 Å². The van der Waals surface area contributed by atoms with Gasteiger partial charge in [-0.3, -0.25) is 4.79 Å². The van der Waals surface area contributed by atoms with Gasteiger partial charge in [-0.25, -0.2) is 0 Å². The Morgan fingerprint density at radius 3 is 2.64 bits per heavy atom. The normalized spacial score (nSPS) is 18.4. The first-order valence-electron chi connectivity index (χ1n) is 5.44. The van der Waals surface area contributed by atoms with Crippen molar-refractivity contribution in [2.45, 2.75) is 32.1 Å². The number of Topliss-reactive ketones (excluding diaryl/α,β-unsaturated/α-hetero) is 1. The van der Waals surface area contributed by atoms with Crippen LogP contribution >= 0.6 is 0 Å². The number of ketones is 1. The molecule has 1 aliphatic rings. The standard InChI is InChI=1S/C12H17NO/c1-13-9-5-8-11(13)12(14)10-6-3-2-4-7-10/h5,8-10H,2-4,6-7H2,1H3. The maximum absolute atomic E-state index is 12.1. The second kappa shape index (κ2) is 3.99. The van der Waals surface area contributed by atoms with E-state index >= 15 is 0 Å². The Labute approximate surface area is 84.9 Å². The summed E-state index contributed by atoms with van der Waals surface area (Å²) in [6.07, 6.45) is 7.86. The molecule has 14 heavy (non-hydrogen) atoms. The van der Waals surface area contributed by atoms with Gasteiger partial charge in [-0.1, -0.05) is 19.3 Å². The highest BCUT2D eigenvalue weighted by Gasteiger charge is 2.23. The third-order valence-corrected chi connectivity index (χ3v) is 3.17. The SMILES string of the molecule is Cn1cccc1C(=O)C1CCCCC1. The molecule has 1 aliphatic carbocycles. The minimum Gasteiger partial charge on any atom is -0.348 e. The lowest BCUT2D eigenvalue weighted by Crippen LogP contribution is -2.19. The predicted octanol–water partition coefficient (Wildman–Crippen LogP) is 2.79. The summed E-state index contributed by atoms with van der Waals surface area (Å²) in [4.78, 5) is 12.1. The molecule has 2 rings (SSSR count). The molecule has 1 heterocycles. The smallest absolute Gasteiger partial charge is 0.182 e. The molecule has 0 bridgehead atoms. The minimum absolute atomic E-state index is 0.289. The molecule has 2 nitrogen and oxygen atoms in total. The highest BCUT2D eigenvalue weighted by atomic mass is 16.1. The molecular formula is C12H17NO. The number of rotatable bonds is 2. The molecule has 2 heteroatoms. The van der Waals surface area contributed by atoms with Gasteiger partial charge < -0.3 is 4.57 Å². The number of nitrogens with zero attached hydrogens (tertiary/aromatic N) is 1. The van der Waals surface area contributed by atoms with Gasteiger partial charge in [0, 0.05) is 19.2 Å². The van der Waals surface area contributed by atoms with Crippen LogP contribution in [0.3, 0.4) is 0 Å². The van der Waals surface area contributed by atoms with Crippen molar-refractivity contribution in [3.8, 4) is 0 Å². The molecule has 0 aromatic carbocycles. The van der Waals surface area contributed by atoms with E-state index in [4.69, 9.17) is 0 Å². The van der Waals surface area contributed by atoms with Crippen molar-refractivity contribution in [1.29, 1.82) is 0 Å². The monoisotopic (exact) mass is 191 g/mol. The van der Waals surface area contributed by atoms with Gasteiger partial charge in [-0.15, -0.1) is 0 Å². The van der Waals surface area contributed by atoms with Crippen molar-refractivity contribution in [1.82, 2.24) is 4.57 Å². The van der Waals surface area contributed by atoms with Crippen molar-refractivity contribution in [2.24, 2.45) is 13.0 Å². The number of hydrogen-bond acceptors (Lipinski definition) is 1. The third kappa shape index (κ3) is 1.74. The first kappa shape index (κ1) is 9.50. The van der Waals surface area contributed by atoms with Crippen LogP contribution in [0.1, 0.15) is 42.6 Å². The van der Waals surface area contributed by atoms with E-state index in [1.807, 2.05) is 29.9 Å². The summed E-state index contributed by atoms with van der Waals surface area (Å²) in [6, 6.07) is 3.87. The molecule has 1 aromatic heterocycles. The quantitative estimate of drug-likeness (QED) is 0.659. The van der Waals surface area contributed by atoms with Crippen molar-refractivity contribution in [2.75, 3.05) is 0 Å². The van der Waals surface area contributed by atoms with Crippen LogP contribution in [0.4, 0.5) is 0 Å². The lowest BCUT2D eigenvalue weighted by molar-refractivity contribution is 0.0881. The highest BCUT2D eigenvalue weighted by molar-refractivity contribution is 5.96. The fourth-order valence-electron chi connectivity index (χ4n) is 2.29. The Hall–Kier alpha value is -1.05. The van der Waals surface area contributed by atoms with Gasteiger partial charge in [0.15, 0.2) is 5.78 Å². The summed E-state index contributed by atoms with van der Waals surface area (Å²) < 4.78 is 1.93. The van der Waals surface area contributed by atoms with Gasteiger partial charge in [0.25, 0.3) is 0 Å². The topological polar surface area (TPSA) is 22.0 Å². The molecule has 0 N–H and O–H groups in total. The zero-order chi connectivity index (χ0) is 9.97. The number of carbonyl (C=O) groups excluding carboxylic acids is 1. The molecule has 0 atom stereocenters. The van der Waals surface area contributed by atoms with Gasteiger partial charge in [-0.05, 0) is 25.0 Å². The number of hydrogen-bond donors (Lipinski definition) is 0. The molecule has 1 fully saturated rings. The van der Waals surface area contributed by atoms with Crippen LogP contribution in [0, 0.1) is 5.92 Å². The molecule has 0 saturated heterocycles. The number of carbonyl (C=O) groups is 1. The van der Waals surface area contributed by atoms with E-state index in [-0.39, 0.29) is 5.92 Å². The third-order valence-electron chi connectivity index (χ3n) is 3.17. The average Bonchev–Trinajstić information content (AvgIpc) is 2.65. The molecule has 1 saturated carbocycles. The zero-order valence-corrected chi connectivity index (χ0v) is 8.70. The molecule has 0 spiro atoms. The molecule has 0 unspecified atom stereocenters. The largest absolute Gasteiger partial charge is 0.348 e. The second-order valence-electron chi connectivity index (χ2n) is 4.20. The Kier molecular flexibility index (Phi) is 2.71. The Balaban J connectivity index is 2.11. The minimum atomic E-state index is 0.289. The molecule has 0 aliphatic heterocycles. The van der Waals surface area contributed by atoms with Crippen LogP contribution in [-0.2, 0) is 7.05 Å². The summed E-state index contributed by atoms with van der Waals surface area (Å²) in [5.74, 6) is 0.634. The zero-order valence-electron chi connectivity index (χ0n) is 8.70. The molecule has 76 valence electrons. The van der Waals surface area contributed by atoms with E-state index in [1.54, 1.807) is 0 Å². The van der Waals surface area contributed by atoms with E-state index in [0.29, 0.717) is 5.78 Å². The fourth-order valence-corrected chi connectivity index (χ4v) is 2.29. The molecule has 1 aromatic rings. The average molecular weight is 191 g/mol. The van der Waals surface area contributed by atoms with Crippen molar-refractivity contribution in [3.63, 3.8) is 0 Å². The van der Waals surface area contributed by atoms with E-state index in [9.17, 15) is 4.79 Å². The molecular weight excluding hydrogens is 174 g/mol. The highest BCUT2D eigenvalue weighted by Crippen LogP contribution is 2.26. The van der Waals surface area contributed by atoms with Gasteiger partial charge in [0.2, 0.25) is 0 Å². The Bertz CT molecular complexity index is 321. The summed E-state index contributed by atoms with van der Waals surface area (Å²) in [7, 11) is 1.94. The summed E-state index contributed by atoms with van der Waals surface area (Å²) in [5.41, 5.74) is 0.872. The van der Waals surface area contributed by atoms with Crippen LogP contribution in [0.15, 0.2) is 18.3 Å². The van der Waals surface area contributed by atoms with Gasteiger partial charge in [0.05, 0.1) is 5.69 Å². The van der Waals surface area contributed by atoms with E-state index in [1.165, 1.54) is 19.3 Å². The van der Waals surface area contributed by atoms with Crippen LogP contribution in [-0.4, -0.2) is 10.4 Å². The first-order valence-corrected chi connectivity index (χ1v) is 5.44. The number of aryl methyl sites for hydroxylation is 1. The summed E-state index contributed by atoms with van der Waals surface area (Å²) in [6.45, 7) is 0. The van der Waals surface area contributed by atoms with Crippen LogP contribution in [0.25, 0.3) is 0 Å². The Morgan fingerprint density at radius 1 is 1.36 bits per heavy atom. The maximum Gasteiger partial charge on any atom is 0.182 e. The Morgan fingerprint density at radius 2 is 2.07 bits per heavy atom. The first-order chi connectivity index (χ1) is 6.79. The lowest BCUT2D eigenvalue weighted by Gasteiger charge is -2.20. The van der Waals surface area contributed by atoms with Crippen LogP contribution < -0.4 is 0 Å². The summed E-state index contributed by atoms with van der Waals surface area (Å²) >= 11 is 0. The van der Waals surface area contributed by atoms with Crippen molar-refractivity contribution >= 4 is 5.78 Å². The van der Waals surface area contributed by atoms with Crippen molar-refractivity contribution in [3.05, 3.63) is 24.0 Å². The van der Waals surface area contributed by atoms with E-state index in [2.05, 4.69) is 0 Å². The lowest BCUT2D eigenvalue weighted by atomic mass is 9.85. The van der Waals surface area contributed by atoms with Crippen LogP contribution in [0.2, 0.25) is 0 Å². The predicted molar refractivity (Wildman–Crippen MR) is 56.3 cm³/mol. The van der Waals surface area contributed by atoms with Crippen LogP contribution in [0.5, 0.6) is 0 Å². The molecule has 0 amide bonds. The van der Waals surface area contributed by atoms with Crippen molar-refractivity contribution < 1.29 is 4.79 Å².